The van der Waals surface area contributed by atoms with Gasteiger partial charge < -0.3 is 5.32 Å². The molecular formula is C25H30N4O5. The lowest BCUT2D eigenvalue weighted by Crippen LogP contribution is -2.53. The second-order valence-electron chi connectivity index (χ2n) is 9.05. The molecule has 1 aromatic carbocycles. The number of aromatic nitrogens is 1. The fourth-order valence-corrected chi connectivity index (χ4v) is 3.51. The van der Waals surface area contributed by atoms with Gasteiger partial charge in [-0.15, -0.1) is 0 Å². The van der Waals surface area contributed by atoms with Crippen molar-refractivity contribution in [1.82, 2.24) is 15.0 Å². The molecule has 0 aliphatic carbocycles. The summed E-state index contributed by atoms with van der Waals surface area (Å²) in [5.41, 5.74) is 1.50. The number of amides is 1. The lowest BCUT2D eigenvalue weighted by atomic mass is 9.93. The van der Waals surface area contributed by atoms with Crippen molar-refractivity contribution in [2.24, 2.45) is 5.41 Å². The highest BCUT2D eigenvalue weighted by Crippen LogP contribution is 2.37. The first-order valence-electron chi connectivity index (χ1n) is 11.0. The molecule has 3 rings (SSSR count). The van der Waals surface area contributed by atoms with Gasteiger partial charge in [-0.3, -0.25) is 14.8 Å². The SMILES string of the molecule is CCN1C(=O)C(Nc2cccnc2)=C(C(=O)OOC(=O)C(C)(C)C)C(c2ccc(C)cc2)N1C. The predicted molar refractivity (Wildman–Crippen MR) is 126 cm³/mol. The molecule has 1 aliphatic rings. The molecule has 1 unspecified atom stereocenters. The Morgan fingerprint density at radius 2 is 1.79 bits per heavy atom. The molecule has 1 atom stereocenters. The van der Waals surface area contributed by atoms with Gasteiger partial charge in [0.25, 0.3) is 5.91 Å². The van der Waals surface area contributed by atoms with Gasteiger partial charge in [0, 0.05) is 19.8 Å². The van der Waals surface area contributed by atoms with Gasteiger partial charge in [-0.05, 0) is 52.3 Å². The van der Waals surface area contributed by atoms with E-state index >= 15 is 0 Å². The molecule has 0 spiro atoms. The van der Waals surface area contributed by atoms with Crippen LogP contribution in [0.1, 0.15) is 44.9 Å². The Morgan fingerprint density at radius 3 is 2.35 bits per heavy atom. The summed E-state index contributed by atoms with van der Waals surface area (Å²) in [6.45, 7) is 9.11. The monoisotopic (exact) mass is 466 g/mol. The first-order chi connectivity index (χ1) is 16.0. The first-order valence-corrected chi connectivity index (χ1v) is 11.0. The molecule has 1 aliphatic heterocycles. The van der Waals surface area contributed by atoms with Crippen molar-refractivity contribution < 1.29 is 24.2 Å². The summed E-state index contributed by atoms with van der Waals surface area (Å²) in [4.78, 5) is 52.9. The lowest BCUT2D eigenvalue weighted by molar-refractivity contribution is -0.262. The Balaban J connectivity index is 2.13. The van der Waals surface area contributed by atoms with E-state index in [9.17, 15) is 14.4 Å². The summed E-state index contributed by atoms with van der Waals surface area (Å²) in [7, 11) is 1.72. The molecule has 0 saturated heterocycles. The Labute approximate surface area is 199 Å². The number of anilines is 1. The highest BCUT2D eigenvalue weighted by Gasteiger charge is 2.43. The molecule has 180 valence electrons. The number of pyridine rings is 1. The number of benzene rings is 1. The molecule has 1 aromatic heterocycles. The lowest BCUT2D eigenvalue weighted by Gasteiger charge is -2.42. The van der Waals surface area contributed by atoms with Crippen molar-refractivity contribution in [3.8, 4) is 0 Å². The van der Waals surface area contributed by atoms with Crippen LogP contribution in [0, 0.1) is 12.3 Å². The highest BCUT2D eigenvalue weighted by atomic mass is 17.2. The standard InChI is InChI=1S/C25H30N4O5/c1-7-29-22(30)20(27-18-9-8-14-26-15-18)19(23(31)33-34-24(32)25(3,4)5)21(28(29)6)17-12-10-16(2)11-13-17/h8-15,21,27H,7H2,1-6H3. The molecule has 1 amide bonds. The largest absolute Gasteiger partial charge is 0.386 e. The highest BCUT2D eigenvalue weighted by molar-refractivity contribution is 6.06. The zero-order valence-corrected chi connectivity index (χ0v) is 20.3. The van der Waals surface area contributed by atoms with Gasteiger partial charge >= 0.3 is 11.9 Å². The number of likely N-dealkylation sites (N-methyl/N-ethyl adjacent to an activating group) is 2. The summed E-state index contributed by atoms with van der Waals surface area (Å²) in [6.07, 6.45) is 3.14. The summed E-state index contributed by atoms with van der Waals surface area (Å²) >= 11 is 0. The van der Waals surface area contributed by atoms with Crippen LogP contribution < -0.4 is 5.32 Å². The number of nitrogens with one attached hydrogen (secondary N) is 1. The van der Waals surface area contributed by atoms with E-state index in [-0.39, 0.29) is 11.3 Å². The molecule has 0 saturated carbocycles. The number of carbonyl (C=O) groups excluding carboxylic acids is 3. The van der Waals surface area contributed by atoms with Crippen molar-refractivity contribution in [3.63, 3.8) is 0 Å². The summed E-state index contributed by atoms with van der Waals surface area (Å²) in [5, 5.41) is 6.25. The maximum absolute atomic E-state index is 13.4. The number of aryl methyl sites for hydroxylation is 1. The summed E-state index contributed by atoms with van der Waals surface area (Å²) in [6, 6.07) is 10.4. The Bertz CT molecular complexity index is 1090. The summed E-state index contributed by atoms with van der Waals surface area (Å²) in [5.74, 6) is -2.07. The fraction of sp³-hybridized carbons (Fsp3) is 0.360. The number of hydrazine groups is 1. The van der Waals surface area contributed by atoms with E-state index in [2.05, 4.69) is 10.3 Å². The minimum atomic E-state index is -0.939. The third kappa shape index (κ3) is 5.26. The quantitative estimate of drug-likeness (QED) is 0.527. The molecule has 0 bridgehead atoms. The van der Waals surface area contributed by atoms with Crippen molar-refractivity contribution in [2.75, 3.05) is 18.9 Å². The maximum atomic E-state index is 13.4. The van der Waals surface area contributed by atoms with Crippen LogP contribution in [-0.2, 0) is 24.2 Å². The van der Waals surface area contributed by atoms with Gasteiger partial charge in [-0.2, -0.15) is 0 Å². The smallest absolute Gasteiger partial charge is 0.349 e. The van der Waals surface area contributed by atoms with Crippen LogP contribution in [0.3, 0.4) is 0 Å². The van der Waals surface area contributed by atoms with Crippen molar-refractivity contribution in [1.29, 1.82) is 0 Å². The number of rotatable bonds is 5. The molecule has 2 aromatic rings. The molecule has 2 heterocycles. The van der Waals surface area contributed by atoms with E-state index in [0.29, 0.717) is 12.2 Å². The van der Waals surface area contributed by atoms with Gasteiger partial charge in [0.15, 0.2) is 0 Å². The van der Waals surface area contributed by atoms with E-state index in [0.717, 1.165) is 11.1 Å². The number of hydrogen-bond acceptors (Lipinski definition) is 8. The van der Waals surface area contributed by atoms with Crippen molar-refractivity contribution in [3.05, 3.63) is 71.2 Å². The van der Waals surface area contributed by atoms with Crippen LogP contribution in [0.4, 0.5) is 5.69 Å². The molecule has 9 nitrogen and oxygen atoms in total. The average molecular weight is 467 g/mol. The Morgan fingerprint density at radius 1 is 1.12 bits per heavy atom. The maximum Gasteiger partial charge on any atom is 0.386 e. The van der Waals surface area contributed by atoms with Gasteiger partial charge in [0.05, 0.1) is 28.9 Å². The predicted octanol–water partition coefficient (Wildman–Crippen LogP) is 3.55. The Hall–Kier alpha value is -3.72. The second-order valence-corrected chi connectivity index (χ2v) is 9.05. The first kappa shape index (κ1) is 24.9. The van der Waals surface area contributed by atoms with Crippen LogP contribution >= 0.6 is 0 Å². The van der Waals surface area contributed by atoms with E-state index in [1.54, 1.807) is 57.4 Å². The van der Waals surface area contributed by atoms with E-state index in [1.807, 2.05) is 38.1 Å². The van der Waals surface area contributed by atoms with E-state index < -0.39 is 29.3 Å². The molecular weight excluding hydrogens is 436 g/mol. The zero-order valence-electron chi connectivity index (χ0n) is 20.3. The van der Waals surface area contributed by atoms with Crippen LogP contribution in [0.5, 0.6) is 0 Å². The normalized spacial score (nSPS) is 16.9. The van der Waals surface area contributed by atoms with Gasteiger partial charge in [-0.1, -0.05) is 29.8 Å². The fourth-order valence-electron chi connectivity index (χ4n) is 3.51. The molecule has 0 fully saturated rings. The minimum Gasteiger partial charge on any atom is -0.349 e. The number of nitrogens with zero attached hydrogens (tertiary/aromatic N) is 3. The second kappa shape index (κ2) is 10.0. The van der Waals surface area contributed by atoms with Gasteiger partial charge in [0.2, 0.25) is 0 Å². The topological polar surface area (TPSA) is 101 Å². The third-order valence-corrected chi connectivity index (χ3v) is 5.39. The molecule has 9 heteroatoms. The van der Waals surface area contributed by atoms with Gasteiger partial charge in [0.1, 0.15) is 5.70 Å². The van der Waals surface area contributed by atoms with Crippen molar-refractivity contribution >= 4 is 23.5 Å². The van der Waals surface area contributed by atoms with Crippen LogP contribution in [0.2, 0.25) is 0 Å². The molecule has 0 radical (unpaired) electrons. The average Bonchev–Trinajstić information content (AvgIpc) is 2.80. The van der Waals surface area contributed by atoms with Crippen molar-refractivity contribution in [2.45, 2.75) is 40.7 Å². The van der Waals surface area contributed by atoms with Crippen LogP contribution in [0.15, 0.2) is 60.1 Å². The molecule has 34 heavy (non-hydrogen) atoms. The van der Waals surface area contributed by atoms with Crippen LogP contribution in [-0.4, -0.2) is 46.4 Å². The van der Waals surface area contributed by atoms with Crippen LogP contribution in [0.25, 0.3) is 0 Å². The summed E-state index contributed by atoms with van der Waals surface area (Å²) < 4.78 is 0. The van der Waals surface area contributed by atoms with E-state index in [1.165, 1.54) is 5.01 Å². The Kier molecular flexibility index (Phi) is 7.36. The van der Waals surface area contributed by atoms with E-state index in [4.69, 9.17) is 9.78 Å². The van der Waals surface area contributed by atoms with Gasteiger partial charge in [-0.25, -0.2) is 24.4 Å². The number of hydrogen-bond donors (Lipinski definition) is 1. The third-order valence-electron chi connectivity index (χ3n) is 5.39. The molecule has 1 N–H and O–H groups in total. The minimum absolute atomic E-state index is 0.0200. The number of carbonyl (C=O) groups is 3. The zero-order chi connectivity index (χ0) is 25.0.